The summed E-state index contributed by atoms with van der Waals surface area (Å²) in [6, 6.07) is 9.22. The minimum atomic E-state index is -3.17. The largest absolute Gasteiger partial charge is 0.336 e. The average Bonchev–Trinajstić information content (AvgIpc) is 2.93. The topological polar surface area (TPSA) is 90.0 Å². The zero-order valence-electron chi connectivity index (χ0n) is 15.7. The van der Waals surface area contributed by atoms with E-state index in [4.69, 9.17) is 9.36 Å². The van der Waals surface area contributed by atoms with Crippen molar-refractivity contribution in [3.05, 3.63) is 48.0 Å². The highest BCUT2D eigenvalue weighted by Gasteiger charge is 2.36. The molecule has 0 aromatic heterocycles. The molecule has 1 aliphatic rings. The van der Waals surface area contributed by atoms with Crippen molar-refractivity contribution in [2.75, 3.05) is 13.3 Å². The van der Waals surface area contributed by atoms with Crippen molar-refractivity contribution in [2.45, 2.75) is 26.4 Å². The lowest BCUT2D eigenvalue weighted by Gasteiger charge is -2.24. The van der Waals surface area contributed by atoms with Gasteiger partial charge in [0, 0.05) is 31.6 Å². The van der Waals surface area contributed by atoms with E-state index < -0.39 is 31.1 Å². The predicted molar refractivity (Wildman–Crippen MR) is 99.7 cm³/mol. The fourth-order valence-corrected chi connectivity index (χ4v) is 5.00. The summed E-state index contributed by atoms with van der Waals surface area (Å²) in [7, 11) is -1.81. The minimum absolute atomic E-state index is 0.0287. The fourth-order valence-electron chi connectivity index (χ4n) is 2.86. The summed E-state index contributed by atoms with van der Waals surface area (Å²) in [6.07, 6.45) is 2.62. The number of nitrogens with zero attached hydrogens (tertiary/aromatic N) is 1. The van der Waals surface area contributed by atoms with Crippen LogP contribution in [0, 0.1) is 11.8 Å². The van der Waals surface area contributed by atoms with Gasteiger partial charge in [-0.15, -0.1) is 0 Å². The van der Waals surface area contributed by atoms with Crippen molar-refractivity contribution in [3.63, 3.8) is 0 Å². The Bertz CT molecular complexity index is 756. The van der Waals surface area contributed by atoms with Crippen molar-refractivity contribution in [2.24, 2.45) is 11.8 Å². The number of benzene rings is 1. The van der Waals surface area contributed by atoms with Crippen LogP contribution in [0.4, 0.5) is 0 Å². The Balaban J connectivity index is 2.14. The minimum Gasteiger partial charge on any atom is -0.332 e. The summed E-state index contributed by atoms with van der Waals surface area (Å²) in [4.78, 5) is 40.8. The molecular formula is C19H24NO6P. The quantitative estimate of drug-likeness (QED) is 0.473. The number of carbonyl (C=O) groups is 3. The van der Waals surface area contributed by atoms with Gasteiger partial charge in [0.1, 0.15) is 0 Å². The molecule has 0 aliphatic carbocycles. The molecule has 1 aromatic carbocycles. The monoisotopic (exact) mass is 393 g/mol. The van der Waals surface area contributed by atoms with Crippen LogP contribution in [0.2, 0.25) is 0 Å². The second kappa shape index (κ2) is 9.11. The van der Waals surface area contributed by atoms with Crippen molar-refractivity contribution >= 4 is 25.2 Å². The normalized spacial score (nSPS) is 17.3. The first-order valence-electron chi connectivity index (χ1n) is 8.70. The standard InChI is InChI=1S/C19H24NO6P/c1-14(2)11-16(19(23)26-20-17(21)9-10-18(20)22)13-27(24,25-3)12-15-7-5-4-6-8-15/h4-10,14,16H,11-13H2,1-3H3/t16-,27?/m1/s1. The molecule has 0 bridgehead atoms. The zero-order chi connectivity index (χ0) is 20.0. The molecule has 1 heterocycles. The molecule has 0 N–H and O–H groups in total. The molecule has 27 heavy (non-hydrogen) atoms. The maximum atomic E-state index is 13.2. The Hall–Kier alpha value is -2.24. The Morgan fingerprint density at radius 1 is 1.11 bits per heavy atom. The van der Waals surface area contributed by atoms with Gasteiger partial charge in [0.25, 0.3) is 11.8 Å². The van der Waals surface area contributed by atoms with E-state index in [1.165, 1.54) is 7.11 Å². The molecule has 2 amide bonds. The molecule has 146 valence electrons. The molecule has 0 spiro atoms. The summed E-state index contributed by atoms with van der Waals surface area (Å²) >= 11 is 0. The van der Waals surface area contributed by atoms with E-state index in [-0.39, 0.29) is 18.2 Å². The van der Waals surface area contributed by atoms with Gasteiger partial charge in [-0.05, 0) is 17.9 Å². The molecule has 7 nitrogen and oxygen atoms in total. The highest BCUT2D eigenvalue weighted by Crippen LogP contribution is 2.51. The molecule has 1 unspecified atom stereocenters. The first-order valence-corrected chi connectivity index (χ1v) is 10.7. The Morgan fingerprint density at radius 3 is 2.22 bits per heavy atom. The first kappa shape index (κ1) is 21.1. The summed E-state index contributed by atoms with van der Waals surface area (Å²) in [5.74, 6) is -2.83. The average molecular weight is 393 g/mol. The van der Waals surface area contributed by atoms with Gasteiger partial charge in [0.05, 0.1) is 5.92 Å². The van der Waals surface area contributed by atoms with Crippen LogP contribution in [0.3, 0.4) is 0 Å². The number of hydroxylamine groups is 2. The van der Waals surface area contributed by atoms with Gasteiger partial charge in [0.15, 0.2) is 0 Å². The molecule has 1 aliphatic heterocycles. The first-order chi connectivity index (χ1) is 12.7. The molecule has 0 saturated heterocycles. The summed E-state index contributed by atoms with van der Waals surface area (Å²) in [5.41, 5.74) is 0.841. The van der Waals surface area contributed by atoms with Crippen LogP contribution in [0.15, 0.2) is 42.5 Å². The molecule has 8 heteroatoms. The zero-order valence-corrected chi connectivity index (χ0v) is 16.6. The van der Waals surface area contributed by atoms with E-state index >= 15 is 0 Å². The van der Waals surface area contributed by atoms with Crippen LogP contribution in [-0.4, -0.2) is 36.1 Å². The predicted octanol–water partition coefficient (Wildman–Crippen LogP) is 3.16. The third-order valence-corrected chi connectivity index (χ3v) is 6.65. The van der Waals surface area contributed by atoms with Gasteiger partial charge in [-0.1, -0.05) is 49.2 Å². The number of imide groups is 1. The van der Waals surface area contributed by atoms with Gasteiger partial charge < -0.3 is 9.36 Å². The number of hydrogen-bond acceptors (Lipinski definition) is 6. The van der Waals surface area contributed by atoms with Crippen LogP contribution in [-0.2, 0) is 34.5 Å². The summed E-state index contributed by atoms with van der Waals surface area (Å²) in [5, 5.41) is 0.421. The van der Waals surface area contributed by atoms with Crippen molar-refractivity contribution in [3.8, 4) is 0 Å². The van der Waals surface area contributed by atoms with E-state index in [2.05, 4.69) is 0 Å². The van der Waals surface area contributed by atoms with Crippen LogP contribution in [0.25, 0.3) is 0 Å². The SMILES string of the molecule is COP(=O)(Cc1ccccc1)C[C@@H](CC(C)C)C(=O)ON1C(=O)C=CC1=O. The van der Waals surface area contributed by atoms with Crippen molar-refractivity contribution < 1.29 is 28.3 Å². The van der Waals surface area contributed by atoms with Gasteiger partial charge in [0.2, 0.25) is 7.37 Å². The smallest absolute Gasteiger partial charge is 0.332 e. The highest BCUT2D eigenvalue weighted by molar-refractivity contribution is 7.58. The summed E-state index contributed by atoms with van der Waals surface area (Å²) < 4.78 is 18.5. The molecule has 2 atom stereocenters. The van der Waals surface area contributed by atoms with E-state index in [0.29, 0.717) is 11.5 Å². The molecular weight excluding hydrogens is 369 g/mol. The lowest BCUT2D eigenvalue weighted by Crippen LogP contribution is -2.36. The van der Waals surface area contributed by atoms with E-state index in [9.17, 15) is 18.9 Å². The third kappa shape index (κ3) is 5.88. The van der Waals surface area contributed by atoms with Crippen molar-refractivity contribution in [1.82, 2.24) is 5.06 Å². The molecule has 0 radical (unpaired) electrons. The van der Waals surface area contributed by atoms with Crippen LogP contribution < -0.4 is 0 Å². The fraction of sp³-hybridized carbons (Fsp3) is 0.421. The Morgan fingerprint density at radius 2 is 1.70 bits per heavy atom. The molecule has 0 fully saturated rings. The number of rotatable bonds is 9. The van der Waals surface area contributed by atoms with Crippen LogP contribution in [0.1, 0.15) is 25.8 Å². The Labute approximate surface area is 158 Å². The third-order valence-electron chi connectivity index (χ3n) is 4.14. The molecule has 2 rings (SSSR count). The van der Waals surface area contributed by atoms with Gasteiger partial charge in [-0.2, -0.15) is 0 Å². The van der Waals surface area contributed by atoms with Crippen LogP contribution >= 0.6 is 7.37 Å². The van der Waals surface area contributed by atoms with Gasteiger partial charge in [-0.25, -0.2) is 4.79 Å². The lowest BCUT2D eigenvalue weighted by atomic mass is 9.99. The van der Waals surface area contributed by atoms with Crippen LogP contribution in [0.5, 0.6) is 0 Å². The summed E-state index contributed by atoms with van der Waals surface area (Å²) in [6.45, 7) is 3.84. The van der Waals surface area contributed by atoms with Crippen molar-refractivity contribution in [1.29, 1.82) is 0 Å². The number of carbonyl (C=O) groups excluding carboxylic acids is 3. The number of amides is 2. The molecule has 1 aromatic rings. The molecule has 0 saturated carbocycles. The van der Waals surface area contributed by atoms with E-state index in [1.54, 1.807) is 0 Å². The van der Waals surface area contributed by atoms with Gasteiger partial charge in [-0.3, -0.25) is 14.2 Å². The second-order valence-electron chi connectivity index (χ2n) is 6.86. The van der Waals surface area contributed by atoms with E-state index in [1.807, 2.05) is 44.2 Å². The van der Waals surface area contributed by atoms with Gasteiger partial charge >= 0.3 is 5.97 Å². The lowest BCUT2D eigenvalue weighted by molar-refractivity contribution is -0.199. The number of hydrogen-bond donors (Lipinski definition) is 0. The maximum Gasteiger partial charge on any atom is 0.336 e. The highest BCUT2D eigenvalue weighted by atomic mass is 31.2. The second-order valence-corrected chi connectivity index (χ2v) is 9.54. The van der Waals surface area contributed by atoms with E-state index in [0.717, 1.165) is 17.7 Å². The maximum absolute atomic E-state index is 13.2. The Kier molecular flexibility index (Phi) is 7.11.